The first-order valence-corrected chi connectivity index (χ1v) is 6.92. The van der Waals surface area contributed by atoms with E-state index < -0.39 is 0 Å². The molecule has 0 saturated carbocycles. The van der Waals surface area contributed by atoms with Crippen LogP contribution in [0.1, 0.15) is 32.1 Å². The molecule has 0 atom stereocenters. The van der Waals surface area contributed by atoms with Crippen LogP contribution >= 0.6 is 12.4 Å². The van der Waals surface area contributed by atoms with E-state index in [1.165, 1.54) is 0 Å². The van der Waals surface area contributed by atoms with Crippen molar-refractivity contribution < 1.29 is 9.59 Å². The summed E-state index contributed by atoms with van der Waals surface area (Å²) in [6.45, 7) is 2.96. The Morgan fingerprint density at radius 1 is 1.37 bits per heavy atom. The lowest BCUT2D eigenvalue weighted by atomic mass is 10.1. The third-order valence-corrected chi connectivity index (χ3v) is 4.00. The molecule has 1 N–H and O–H groups in total. The van der Waals surface area contributed by atoms with E-state index in [4.69, 9.17) is 0 Å². The maximum atomic E-state index is 12.2. The van der Waals surface area contributed by atoms with Crippen LogP contribution in [-0.2, 0) is 9.59 Å². The number of piperidine rings is 2. The van der Waals surface area contributed by atoms with Gasteiger partial charge in [-0.3, -0.25) is 9.59 Å². The summed E-state index contributed by atoms with van der Waals surface area (Å²) in [5.74, 6) is 0.213. The van der Waals surface area contributed by atoms with Crippen LogP contribution in [-0.4, -0.2) is 60.9 Å². The van der Waals surface area contributed by atoms with E-state index in [9.17, 15) is 9.59 Å². The molecule has 2 heterocycles. The fourth-order valence-electron chi connectivity index (χ4n) is 2.70. The Morgan fingerprint density at radius 2 is 2.05 bits per heavy atom. The third kappa shape index (κ3) is 4.35. The Morgan fingerprint density at radius 3 is 2.68 bits per heavy atom. The molecule has 6 heteroatoms. The zero-order valence-corrected chi connectivity index (χ0v) is 12.4. The van der Waals surface area contributed by atoms with Crippen molar-refractivity contribution in [3.8, 4) is 0 Å². The zero-order chi connectivity index (χ0) is 13.0. The van der Waals surface area contributed by atoms with Crippen molar-refractivity contribution in [3.63, 3.8) is 0 Å². The summed E-state index contributed by atoms with van der Waals surface area (Å²) in [7, 11) is 1.87. The predicted octanol–water partition coefficient (Wildman–Crippen LogP) is 0.631. The Kier molecular flexibility index (Phi) is 6.58. The van der Waals surface area contributed by atoms with Gasteiger partial charge in [0.2, 0.25) is 11.8 Å². The normalized spacial score (nSPS) is 20.9. The number of hydrogen-bond donors (Lipinski definition) is 1. The standard InChI is InChI=1S/C13H23N3O2.ClH/c1-15(11-5-7-14-8-6-11)13(18)10-16-9-3-2-4-12(16)17;/h11,14H,2-10H2,1H3;1H. The van der Waals surface area contributed by atoms with Gasteiger partial charge in [-0.05, 0) is 38.8 Å². The fraction of sp³-hybridized carbons (Fsp3) is 0.846. The minimum Gasteiger partial charge on any atom is -0.341 e. The van der Waals surface area contributed by atoms with E-state index >= 15 is 0 Å². The number of rotatable bonds is 3. The zero-order valence-electron chi connectivity index (χ0n) is 11.6. The molecule has 2 amide bonds. The summed E-state index contributed by atoms with van der Waals surface area (Å²) in [6, 6.07) is 0.332. The first-order chi connectivity index (χ1) is 8.68. The molecule has 0 aliphatic carbocycles. The van der Waals surface area contributed by atoms with Crippen LogP contribution in [0.2, 0.25) is 0 Å². The quantitative estimate of drug-likeness (QED) is 0.829. The highest BCUT2D eigenvalue weighted by atomic mass is 35.5. The molecule has 2 fully saturated rings. The molecule has 0 radical (unpaired) electrons. The summed E-state index contributed by atoms with van der Waals surface area (Å²) in [5, 5.41) is 3.29. The maximum absolute atomic E-state index is 12.2. The minimum absolute atomic E-state index is 0. The molecule has 0 aromatic heterocycles. The molecular formula is C13H24ClN3O2. The van der Waals surface area contributed by atoms with Gasteiger partial charge in [-0.15, -0.1) is 12.4 Å². The first-order valence-electron chi connectivity index (χ1n) is 6.92. The number of nitrogens with one attached hydrogen (secondary N) is 1. The fourth-order valence-corrected chi connectivity index (χ4v) is 2.70. The van der Waals surface area contributed by atoms with Crippen molar-refractivity contribution in [2.75, 3.05) is 33.2 Å². The third-order valence-electron chi connectivity index (χ3n) is 4.00. The molecule has 2 rings (SSSR count). The van der Waals surface area contributed by atoms with Crippen LogP contribution in [0, 0.1) is 0 Å². The van der Waals surface area contributed by atoms with Crippen molar-refractivity contribution in [2.24, 2.45) is 0 Å². The molecular weight excluding hydrogens is 266 g/mol. The maximum Gasteiger partial charge on any atom is 0.242 e. The Hall–Kier alpha value is -0.810. The number of carbonyl (C=O) groups excluding carboxylic acids is 2. The molecule has 0 spiro atoms. The molecule has 2 saturated heterocycles. The second kappa shape index (κ2) is 7.70. The van der Waals surface area contributed by atoms with Gasteiger partial charge in [-0.25, -0.2) is 0 Å². The predicted molar refractivity (Wildman–Crippen MR) is 76.3 cm³/mol. The smallest absolute Gasteiger partial charge is 0.242 e. The molecule has 5 nitrogen and oxygen atoms in total. The summed E-state index contributed by atoms with van der Waals surface area (Å²) >= 11 is 0. The highest BCUT2D eigenvalue weighted by Gasteiger charge is 2.26. The van der Waals surface area contributed by atoms with Gasteiger partial charge in [0.25, 0.3) is 0 Å². The summed E-state index contributed by atoms with van der Waals surface area (Å²) in [4.78, 5) is 27.4. The molecule has 2 aliphatic rings. The Bertz CT molecular complexity index is 319. The van der Waals surface area contributed by atoms with Gasteiger partial charge < -0.3 is 15.1 Å². The van der Waals surface area contributed by atoms with Crippen molar-refractivity contribution in [2.45, 2.75) is 38.1 Å². The monoisotopic (exact) mass is 289 g/mol. The van der Waals surface area contributed by atoms with Gasteiger partial charge in [0.15, 0.2) is 0 Å². The van der Waals surface area contributed by atoms with E-state index in [0.29, 0.717) is 12.5 Å². The number of hydrogen-bond acceptors (Lipinski definition) is 3. The lowest BCUT2D eigenvalue weighted by Crippen LogP contribution is -2.49. The average Bonchev–Trinajstić information content (AvgIpc) is 2.41. The van der Waals surface area contributed by atoms with Gasteiger partial charge in [0, 0.05) is 26.1 Å². The van der Waals surface area contributed by atoms with Crippen LogP contribution in [0.5, 0.6) is 0 Å². The van der Waals surface area contributed by atoms with Crippen molar-refractivity contribution in [1.82, 2.24) is 15.1 Å². The molecule has 2 aliphatic heterocycles. The molecule has 19 heavy (non-hydrogen) atoms. The number of amides is 2. The number of halogens is 1. The summed E-state index contributed by atoms with van der Waals surface area (Å²) in [5.41, 5.74) is 0. The lowest BCUT2D eigenvalue weighted by Gasteiger charge is -2.34. The van der Waals surface area contributed by atoms with Crippen molar-refractivity contribution in [3.05, 3.63) is 0 Å². The molecule has 110 valence electrons. The number of carbonyl (C=O) groups is 2. The van der Waals surface area contributed by atoms with E-state index in [2.05, 4.69) is 5.32 Å². The highest BCUT2D eigenvalue weighted by Crippen LogP contribution is 2.13. The van der Waals surface area contributed by atoms with Crippen molar-refractivity contribution >= 4 is 24.2 Å². The molecule has 0 bridgehead atoms. The minimum atomic E-state index is 0. The molecule has 0 aromatic rings. The van der Waals surface area contributed by atoms with E-state index in [1.54, 1.807) is 4.90 Å². The lowest BCUT2D eigenvalue weighted by molar-refractivity contribution is -0.142. The summed E-state index contributed by atoms with van der Waals surface area (Å²) in [6.07, 6.45) is 4.61. The molecule has 0 aromatic carbocycles. The van der Waals surface area contributed by atoms with Crippen LogP contribution < -0.4 is 5.32 Å². The summed E-state index contributed by atoms with van der Waals surface area (Å²) < 4.78 is 0. The van der Waals surface area contributed by atoms with Gasteiger partial charge in [0.05, 0.1) is 6.54 Å². The average molecular weight is 290 g/mol. The van der Waals surface area contributed by atoms with Crippen LogP contribution in [0.4, 0.5) is 0 Å². The number of likely N-dealkylation sites (tertiary alicyclic amines) is 1. The van der Waals surface area contributed by atoms with E-state index in [-0.39, 0.29) is 30.8 Å². The molecule has 0 unspecified atom stereocenters. The van der Waals surface area contributed by atoms with Crippen molar-refractivity contribution in [1.29, 1.82) is 0 Å². The van der Waals surface area contributed by atoms with Gasteiger partial charge in [-0.2, -0.15) is 0 Å². The van der Waals surface area contributed by atoms with Crippen LogP contribution in [0.3, 0.4) is 0 Å². The van der Waals surface area contributed by atoms with E-state index in [1.807, 2.05) is 11.9 Å². The van der Waals surface area contributed by atoms with Gasteiger partial charge >= 0.3 is 0 Å². The SMILES string of the molecule is CN(C(=O)CN1CCCCC1=O)C1CCNCC1.Cl. The Labute approximate surface area is 121 Å². The van der Waals surface area contributed by atoms with Crippen LogP contribution in [0.15, 0.2) is 0 Å². The second-order valence-electron chi connectivity index (χ2n) is 5.26. The van der Waals surface area contributed by atoms with Crippen LogP contribution in [0.25, 0.3) is 0 Å². The first kappa shape index (κ1) is 16.2. The van der Waals surface area contributed by atoms with E-state index in [0.717, 1.165) is 45.3 Å². The second-order valence-corrected chi connectivity index (χ2v) is 5.26. The number of nitrogens with zero attached hydrogens (tertiary/aromatic N) is 2. The topological polar surface area (TPSA) is 52.7 Å². The number of likely N-dealkylation sites (N-methyl/N-ethyl adjacent to an activating group) is 1. The van der Waals surface area contributed by atoms with Gasteiger partial charge in [-0.1, -0.05) is 0 Å². The Balaban J connectivity index is 0.00000180. The largest absolute Gasteiger partial charge is 0.341 e. The van der Waals surface area contributed by atoms with Gasteiger partial charge in [0.1, 0.15) is 0 Å². The highest BCUT2D eigenvalue weighted by molar-refractivity contribution is 5.85.